The molecule has 2 heteroatoms. The molecule has 1 saturated carbocycles. The van der Waals surface area contributed by atoms with Crippen LogP contribution in [0.25, 0.3) is 0 Å². The lowest BCUT2D eigenvalue weighted by Gasteiger charge is -2.14. The summed E-state index contributed by atoms with van der Waals surface area (Å²) >= 11 is 0. The van der Waals surface area contributed by atoms with E-state index >= 15 is 0 Å². The Morgan fingerprint density at radius 3 is 2.73 bits per heavy atom. The Morgan fingerprint density at radius 1 is 1.45 bits per heavy atom. The second-order valence-corrected chi connectivity index (χ2v) is 3.64. The molecule has 1 N–H and O–H groups in total. The summed E-state index contributed by atoms with van der Waals surface area (Å²) in [5, 5.41) is 8.58. The molecule has 3 atom stereocenters. The van der Waals surface area contributed by atoms with E-state index in [-0.39, 0.29) is 0 Å². The number of fused-ring (bicyclic) bond motifs is 2. The van der Waals surface area contributed by atoms with Crippen LogP contribution in [0.4, 0.5) is 0 Å². The maximum Gasteiger partial charge on any atom is 0.303 e. The first-order valence-electron chi connectivity index (χ1n) is 4.16. The number of allylic oxidation sites excluding steroid dienone is 2. The van der Waals surface area contributed by atoms with Crippen molar-refractivity contribution in [2.45, 2.75) is 19.3 Å². The monoisotopic (exact) mass is 152 g/mol. The number of aliphatic carboxylic acids is 1. The third-order valence-corrected chi connectivity index (χ3v) is 2.85. The van der Waals surface area contributed by atoms with Crippen LogP contribution >= 0.6 is 0 Å². The predicted octanol–water partition coefficient (Wildman–Crippen LogP) is 1.67. The number of hydrogen-bond acceptors (Lipinski definition) is 1. The third-order valence-electron chi connectivity index (χ3n) is 2.85. The number of hydrogen-bond donors (Lipinski definition) is 1. The molecule has 0 spiro atoms. The fourth-order valence-corrected chi connectivity index (χ4v) is 2.35. The van der Waals surface area contributed by atoms with Gasteiger partial charge in [0.25, 0.3) is 0 Å². The highest BCUT2D eigenvalue weighted by atomic mass is 16.4. The van der Waals surface area contributed by atoms with Crippen molar-refractivity contribution in [2.75, 3.05) is 0 Å². The van der Waals surface area contributed by atoms with Gasteiger partial charge in [0.05, 0.1) is 0 Å². The van der Waals surface area contributed by atoms with Crippen LogP contribution in [0, 0.1) is 17.8 Å². The number of carbonyl (C=O) groups is 1. The van der Waals surface area contributed by atoms with E-state index in [1.54, 1.807) is 0 Å². The molecule has 2 nitrogen and oxygen atoms in total. The number of carboxylic acid groups (broad SMARTS) is 1. The van der Waals surface area contributed by atoms with Gasteiger partial charge >= 0.3 is 5.97 Å². The molecular weight excluding hydrogens is 140 g/mol. The van der Waals surface area contributed by atoms with Gasteiger partial charge in [-0.25, -0.2) is 0 Å². The van der Waals surface area contributed by atoms with Gasteiger partial charge in [-0.15, -0.1) is 0 Å². The Morgan fingerprint density at radius 2 is 2.27 bits per heavy atom. The lowest BCUT2D eigenvalue weighted by atomic mass is 9.91. The molecule has 0 aromatic carbocycles. The van der Waals surface area contributed by atoms with Crippen LogP contribution in [0.1, 0.15) is 19.3 Å². The zero-order chi connectivity index (χ0) is 7.84. The van der Waals surface area contributed by atoms with Gasteiger partial charge in [-0.1, -0.05) is 12.2 Å². The van der Waals surface area contributed by atoms with Crippen molar-refractivity contribution in [1.29, 1.82) is 0 Å². The maximum atomic E-state index is 10.4. The quantitative estimate of drug-likeness (QED) is 0.611. The van der Waals surface area contributed by atoms with E-state index in [0.29, 0.717) is 24.2 Å². The van der Waals surface area contributed by atoms with Crippen LogP contribution in [0.3, 0.4) is 0 Å². The summed E-state index contributed by atoms with van der Waals surface area (Å²) in [5.74, 6) is 1.07. The first kappa shape index (κ1) is 6.89. The van der Waals surface area contributed by atoms with Crippen molar-refractivity contribution >= 4 is 5.97 Å². The molecule has 0 unspecified atom stereocenters. The molecule has 2 rings (SSSR count). The van der Waals surface area contributed by atoms with Gasteiger partial charge < -0.3 is 5.11 Å². The van der Waals surface area contributed by atoms with E-state index in [1.165, 1.54) is 6.42 Å². The summed E-state index contributed by atoms with van der Waals surface area (Å²) in [5.41, 5.74) is 0. The Bertz CT molecular complexity index is 208. The Hall–Kier alpha value is -0.790. The summed E-state index contributed by atoms with van der Waals surface area (Å²) in [6, 6.07) is 0. The van der Waals surface area contributed by atoms with E-state index in [0.717, 1.165) is 6.42 Å². The fraction of sp³-hybridized carbons (Fsp3) is 0.667. The average molecular weight is 152 g/mol. The van der Waals surface area contributed by atoms with Crippen LogP contribution < -0.4 is 0 Å². The molecule has 0 heterocycles. The lowest BCUT2D eigenvalue weighted by molar-refractivity contribution is -0.138. The van der Waals surface area contributed by atoms with E-state index in [1.807, 2.05) is 0 Å². The highest BCUT2D eigenvalue weighted by Crippen LogP contribution is 2.44. The smallest absolute Gasteiger partial charge is 0.303 e. The third kappa shape index (κ3) is 1.17. The van der Waals surface area contributed by atoms with Crippen molar-refractivity contribution < 1.29 is 9.90 Å². The standard InChI is InChI=1S/C9H12O2/c10-9(11)5-8-4-6-1-2-7(8)3-6/h1-2,6-8H,3-5H2,(H,10,11)/t6-,7+,8-/m1/s1. The number of rotatable bonds is 2. The van der Waals surface area contributed by atoms with E-state index in [2.05, 4.69) is 12.2 Å². The molecular formula is C9H12O2. The first-order chi connectivity index (χ1) is 5.25. The van der Waals surface area contributed by atoms with Crippen LogP contribution in [0.15, 0.2) is 12.2 Å². The van der Waals surface area contributed by atoms with Gasteiger partial charge in [0, 0.05) is 6.42 Å². The van der Waals surface area contributed by atoms with Crippen molar-refractivity contribution in [3.8, 4) is 0 Å². The summed E-state index contributed by atoms with van der Waals surface area (Å²) in [7, 11) is 0. The van der Waals surface area contributed by atoms with Gasteiger partial charge in [-0.2, -0.15) is 0 Å². The molecule has 2 aliphatic rings. The minimum atomic E-state index is -0.643. The SMILES string of the molecule is O=C(O)C[C@H]1C[C@@H]2C=C[C@H]1C2. The second kappa shape index (κ2) is 2.36. The normalized spacial score (nSPS) is 39.8. The molecule has 0 saturated heterocycles. The predicted molar refractivity (Wildman–Crippen MR) is 41.1 cm³/mol. The van der Waals surface area contributed by atoms with Crippen molar-refractivity contribution in [3.05, 3.63) is 12.2 Å². The van der Waals surface area contributed by atoms with E-state index in [9.17, 15) is 4.79 Å². The molecule has 0 amide bonds. The molecule has 2 bridgehead atoms. The summed E-state index contributed by atoms with van der Waals surface area (Å²) in [6.45, 7) is 0. The maximum absolute atomic E-state index is 10.4. The average Bonchev–Trinajstić information content (AvgIpc) is 2.45. The second-order valence-electron chi connectivity index (χ2n) is 3.64. The largest absolute Gasteiger partial charge is 0.481 e. The van der Waals surface area contributed by atoms with Crippen LogP contribution in [0.5, 0.6) is 0 Å². The van der Waals surface area contributed by atoms with Gasteiger partial charge in [-0.3, -0.25) is 4.79 Å². The van der Waals surface area contributed by atoms with Crippen molar-refractivity contribution in [3.63, 3.8) is 0 Å². The van der Waals surface area contributed by atoms with Gasteiger partial charge in [-0.05, 0) is 30.6 Å². The Kier molecular flexibility index (Phi) is 1.48. The van der Waals surface area contributed by atoms with E-state index < -0.39 is 5.97 Å². The highest BCUT2D eigenvalue weighted by Gasteiger charge is 2.36. The molecule has 11 heavy (non-hydrogen) atoms. The van der Waals surface area contributed by atoms with E-state index in [4.69, 9.17) is 5.11 Å². The molecule has 2 aliphatic carbocycles. The zero-order valence-corrected chi connectivity index (χ0v) is 6.36. The van der Waals surface area contributed by atoms with Crippen LogP contribution in [-0.2, 0) is 4.79 Å². The summed E-state index contributed by atoms with van der Waals surface area (Å²) < 4.78 is 0. The molecule has 0 aromatic rings. The minimum Gasteiger partial charge on any atom is -0.481 e. The zero-order valence-electron chi connectivity index (χ0n) is 6.36. The number of carboxylic acids is 1. The summed E-state index contributed by atoms with van der Waals surface area (Å²) in [6.07, 6.45) is 7.11. The van der Waals surface area contributed by atoms with Gasteiger partial charge in [0.1, 0.15) is 0 Å². The van der Waals surface area contributed by atoms with Crippen molar-refractivity contribution in [2.24, 2.45) is 17.8 Å². The topological polar surface area (TPSA) is 37.3 Å². The molecule has 0 aliphatic heterocycles. The highest BCUT2D eigenvalue weighted by molar-refractivity contribution is 5.67. The lowest BCUT2D eigenvalue weighted by Crippen LogP contribution is -2.11. The summed E-state index contributed by atoms with van der Waals surface area (Å²) in [4.78, 5) is 10.4. The van der Waals surface area contributed by atoms with Crippen LogP contribution in [-0.4, -0.2) is 11.1 Å². The van der Waals surface area contributed by atoms with Gasteiger partial charge in [0.15, 0.2) is 0 Å². The minimum absolute atomic E-state index is 0.367. The fourth-order valence-electron chi connectivity index (χ4n) is 2.35. The molecule has 1 fully saturated rings. The molecule has 0 aromatic heterocycles. The Labute approximate surface area is 65.9 Å². The van der Waals surface area contributed by atoms with Crippen LogP contribution in [0.2, 0.25) is 0 Å². The van der Waals surface area contributed by atoms with Crippen molar-refractivity contribution in [1.82, 2.24) is 0 Å². The molecule has 0 radical (unpaired) electrons. The first-order valence-corrected chi connectivity index (χ1v) is 4.16. The Balaban J connectivity index is 1.98. The van der Waals surface area contributed by atoms with Gasteiger partial charge in [0.2, 0.25) is 0 Å². The molecule has 60 valence electrons.